The minimum atomic E-state index is -0.809. The highest BCUT2D eigenvalue weighted by atomic mass is 35.5. The predicted molar refractivity (Wildman–Crippen MR) is 96.0 cm³/mol. The van der Waals surface area contributed by atoms with Crippen molar-refractivity contribution < 1.29 is 17.5 Å². The van der Waals surface area contributed by atoms with Crippen LogP contribution in [0.5, 0.6) is 0 Å². The van der Waals surface area contributed by atoms with Crippen LogP contribution in [0.3, 0.4) is 0 Å². The molecule has 6 heteroatoms. The molecule has 2 aromatic rings. The molecule has 0 saturated carbocycles. The SMILES string of the molecule is CC(O)(CNCc1ccc(Cl)cc1)CSc1ccccc1Cl.[Cl-]. The fourth-order valence-corrected chi connectivity index (χ4v) is 3.30. The summed E-state index contributed by atoms with van der Waals surface area (Å²) in [6.45, 7) is 3.03. The quantitative estimate of drug-likeness (QED) is 0.704. The molecule has 0 spiro atoms. The zero-order valence-corrected chi connectivity index (χ0v) is 15.8. The van der Waals surface area contributed by atoms with Gasteiger partial charge in [-0.25, -0.2) is 0 Å². The molecule has 23 heavy (non-hydrogen) atoms. The summed E-state index contributed by atoms with van der Waals surface area (Å²) < 4.78 is 0. The fraction of sp³-hybridized carbons (Fsp3) is 0.294. The molecule has 126 valence electrons. The molecule has 0 aliphatic rings. The molecule has 0 aliphatic carbocycles. The molecule has 2 N–H and O–H groups in total. The second-order valence-electron chi connectivity index (χ2n) is 5.45. The molecule has 0 aliphatic heterocycles. The van der Waals surface area contributed by atoms with Crippen molar-refractivity contribution in [2.75, 3.05) is 12.3 Å². The number of thioether (sulfide) groups is 1. The molecule has 2 nitrogen and oxygen atoms in total. The van der Waals surface area contributed by atoms with Crippen LogP contribution in [-0.2, 0) is 6.54 Å². The Kier molecular flexibility index (Phi) is 8.76. The van der Waals surface area contributed by atoms with E-state index < -0.39 is 5.60 Å². The Morgan fingerprint density at radius 1 is 1.09 bits per heavy atom. The maximum absolute atomic E-state index is 10.4. The normalized spacial score (nSPS) is 13.2. The average molecular weight is 392 g/mol. The average Bonchev–Trinajstić information content (AvgIpc) is 2.48. The summed E-state index contributed by atoms with van der Waals surface area (Å²) in [5.41, 5.74) is 0.329. The van der Waals surface area contributed by atoms with Crippen LogP contribution >= 0.6 is 35.0 Å². The summed E-state index contributed by atoms with van der Waals surface area (Å²) in [6, 6.07) is 15.3. The molecule has 0 amide bonds. The van der Waals surface area contributed by atoms with Crippen molar-refractivity contribution in [3.63, 3.8) is 0 Å². The molecule has 0 fully saturated rings. The van der Waals surface area contributed by atoms with Crippen LogP contribution in [-0.4, -0.2) is 23.0 Å². The van der Waals surface area contributed by atoms with Gasteiger partial charge in [0.25, 0.3) is 0 Å². The van der Waals surface area contributed by atoms with Crippen molar-refractivity contribution in [2.45, 2.75) is 24.0 Å². The van der Waals surface area contributed by atoms with E-state index in [2.05, 4.69) is 5.32 Å². The first-order chi connectivity index (χ1) is 10.5. The Morgan fingerprint density at radius 2 is 1.74 bits per heavy atom. The highest BCUT2D eigenvalue weighted by molar-refractivity contribution is 7.99. The fourth-order valence-electron chi connectivity index (χ4n) is 1.92. The summed E-state index contributed by atoms with van der Waals surface area (Å²) >= 11 is 13.5. The van der Waals surface area contributed by atoms with Crippen molar-refractivity contribution in [2.24, 2.45) is 0 Å². The van der Waals surface area contributed by atoms with E-state index in [0.29, 0.717) is 18.8 Å². The summed E-state index contributed by atoms with van der Waals surface area (Å²) in [5, 5.41) is 15.2. The lowest BCUT2D eigenvalue weighted by molar-refractivity contribution is -0.0000109. The van der Waals surface area contributed by atoms with E-state index in [-0.39, 0.29) is 12.4 Å². The van der Waals surface area contributed by atoms with Crippen LogP contribution in [0.2, 0.25) is 10.0 Å². The maximum Gasteiger partial charge on any atom is 0.0837 e. The number of halogens is 3. The van der Waals surface area contributed by atoms with Gasteiger partial charge in [0.2, 0.25) is 0 Å². The standard InChI is InChI=1S/C17H19Cl2NOS.ClH/c1-17(21,12-22-16-5-3-2-4-15(16)19)11-20-10-13-6-8-14(18)9-7-13;/h2-9,20-21H,10-12H2,1H3;1H/p-1. The second kappa shape index (κ2) is 9.77. The Hall–Kier alpha value is -0.420. The molecule has 0 saturated heterocycles. The lowest BCUT2D eigenvalue weighted by atomic mass is 10.1. The van der Waals surface area contributed by atoms with Gasteiger partial charge in [-0.05, 0) is 36.8 Å². The van der Waals surface area contributed by atoms with Crippen molar-refractivity contribution in [1.29, 1.82) is 0 Å². The van der Waals surface area contributed by atoms with Gasteiger partial charge in [-0.1, -0.05) is 47.5 Å². The summed E-state index contributed by atoms with van der Waals surface area (Å²) in [4.78, 5) is 0.988. The molecule has 0 aromatic heterocycles. The van der Waals surface area contributed by atoms with Gasteiger partial charge in [0.05, 0.1) is 10.6 Å². The van der Waals surface area contributed by atoms with Crippen molar-refractivity contribution in [3.05, 3.63) is 64.1 Å². The van der Waals surface area contributed by atoms with Gasteiger partial charge in [-0.3, -0.25) is 0 Å². The molecule has 1 atom stereocenters. The van der Waals surface area contributed by atoms with Crippen LogP contribution in [0, 0.1) is 0 Å². The highest BCUT2D eigenvalue weighted by Crippen LogP contribution is 2.29. The molecule has 0 radical (unpaired) electrons. The summed E-state index contributed by atoms with van der Waals surface area (Å²) in [5.74, 6) is 0.574. The van der Waals surface area contributed by atoms with E-state index in [1.54, 1.807) is 11.8 Å². The first kappa shape index (κ1) is 20.6. The number of aliphatic hydroxyl groups is 1. The van der Waals surface area contributed by atoms with Crippen LogP contribution in [0.25, 0.3) is 0 Å². The Bertz CT molecular complexity index is 605. The van der Waals surface area contributed by atoms with E-state index in [4.69, 9.17) is 23.2 Å². The molecule has 0 bridgehead atoms. The van der Waals surface area contributed by atoms with Crippen LogP contribution in [0.1, 0.15) is 12.5 Å². The van der Waals surface area contributed by atoms with E-state index in [1.807, 2.05) is 55.5 Å². The Morgan fingerprint density at radius 3 is 2.39 bits per heavy atom. The van der Waals surface area contributed by atoms with E-state index in [9.17, 15) is 5.11 Å². The zero-order chi connectivity index (χ0) is 16.0. The third-order valence-corrected chi connectivity index (χ3v) is 5.25. The number of rotatable bonds is 7. The first-order valence-corrected chi connectivity index (χ1v) is 8.75. The second-order valence-corrected chi connectivity index (χ2v) is 7.31. The maximum atomic E-state index is 10.4. The number of hydrogen-bond donors (Lipinski definition) is 2. The number of hydrogen-bond acceptors (Lipinski definition) is 3. The monoisotopic (exact) mass is 390 g/mol. The van der Waals surface area contributed by atoms with E-state index >= 15 is 0 Å². The smallest absolute Gasteiger partial charge is 0.0837 e. The van der Waals surface area contributed by atoms with Gasteiger partial charge < -0.3 is 22.8 Å². The molecule has 2 aromatic carbocycles. The molecule has 1 unspecified atom stereocenters. The van der Waals surface area contributed by atoms with Crippen LogP contribution in [0.15, 0.2) is 53.4 Å². The zero-order valence-electron chi connectivity index (χ0n) is 12.7. The molecular weight excluding hydrogens is 373 g/mol. The van der Waals surface area contributed by atoms with Crippen molar-refractivity contribution in [3.8, 4) is 0 Å². The summed E-state index contributed by atoms with van der Waals surface area (Å²) in [6.07, 6.45) is 0. The van der Waals surface area contributed by atoms with Gasteiger partial charge >= 0.3 is 0 Å². The van der Waals surface area contributed by atoms with Gasteiger partial charge in [0, 0.05) is 28.8 Å². The van der Waals surface area contributed by atoms with Gasteiger partial charge in [0.1, 0.15) is 0 Å². The van der Waals surface area contributed by atoms with Crippen molar-refractivity contribution in [1.82, 2.24) is 5.32 Å². The number of nitrogens with one attached hydrogen (secondary N) is 1. The molecular formula is C17H19Cl3NOS-. The Labute approximate surface area is 158 Å². The minimum absolute atomic E-state index is 0. The van der Waals surface area contributed by atoms with Crippen molar-refractivity contribution >= 4 is 35.0 Å². The third-order valence-electron chi connectivity index (χ3n) is 3.12. The Balaban J connectivity index is 0.00000264. The highest BCUT2D eigenvalue weighted by Gasteiger charge is 2.20. The third kappa shape index (κ3) is 7.34. The lowest BCUT2D eigenvalue weighted by Crippen LogP contribution is -3.00. The molecule has 0 heterocycles. The lowest BCUT2D eigenvalue weighted by Gasteiger charge is -2.23. The van der Waals surface area contributed by atoms with Gasteiger partial charge in [-0.2, -0.15) is 0 Å². The predicted octanol–water partition coefficient (Wildman–Crippen LogP) is 1.63. The van der Waals surface area contributed by atoms with E-state index in [1.165, 1.54) is 0 Å². The topological polar surface area (TPSA) is 32.3 Å². The van der Waals surface area contributed by atoms with Crippen LogP contribution < -0.4 is 17.7 Å². The first-order valence-electron chi connectivity index (χ1n) is 7.01. The minimum Gasteiger partial charge on any atom is -1.00 e. The van der Waals surface area contributed by atoms with E-state index in [0.717, 1.165) is 20.5 Å². The van der Waals surface area contributed by atoms with Gasteiger partial charge in [0.15, 0.2) is 0 Å². The van der Waals surface area contributed by atoms with Crippen LogP contribution in [0.4, 0.5) is 0 Å². The molecule has 2 rings (SSSR count). The van der Waals surface area contributed by atoms with Gasteiger partial charge in [-0.15, -0.1) is 11.8 Å². The summed E-state index contributed by atoms with van der Waals surface area (Å²) in [7, 11) is 0. The largest absolute Gasteiger partial charge is 1.00 e. The number of benzene rings is 2.